The van der Waals surface area contributed by atoms with Crippen molar-refractivity contribution in [3.8, 4) is 0 Å². The summed E-state index contributed by atoms with van der Waals surface area (Å²) in [5.74, 6) is -0.336. The second-order valence-corrected chi connectivity index (χ2v) is 7.35. The summed E-state index contributed by atoms with van der Waals surface area (Å²) in [6, 6.07) is 19.2. The van der Waals surface area contributed by atoms with E-state index in [0.29, 0.717) is 16.7 Å². The van der Waals surface area contributed by atoms with E-state index >= 15 is 0 Å². The van der Waals surface area contributed by atoms with Gasteiger partial charge in [-0.15, -0.1) is 0 Å². The quantitative estimate of drug-likeness (QED) is 0.288. The smallest absolute Gasteiger partial charge is 0.339 e. The minimum Gasteiger partial charge on any atom is -0.711 e. The van der Waals surface area contributed by atoms with Crippen LogP contribution >= 0.6 is 0 Å². The molecule has 2 heterocycles. The van der Waals surface area contributed by atoms with Crippen LogP contribution in [0.4, 0.5) is 0 Å². The van der Waals surface area contributed by atoms with Crippen molar-refractivity contribution in [1.29, 1.82) is 0 Å². The van der Waals surface area contributed by atoms with Gasteiger partial charge in [-0.1, -0.05) is 48.5 Å². The maximum absolute atomic E-state index is 13.2. The molecule has 6 heteroatoms. The minimum atomic E-state index is -0.471. The number of ether oxygens (including phenoxy) is 1. The molecule has 0 saturated heterocycles. The molecule has 0 saturated carbocycles. The molecule has 0 N–H and O–H groups in total. The summed E-state index contributed by atoms with van der Waals surface area (Å²) in [4.78, 5) is 22.0. The van der Waals surface area contributed by atoms with Gasteiger partial charge in [0.2, 0.25) is 0 Å². The predicted octanol–water partition coefficient (Wildman–Crippen LogP) is 4.11. The van der Waals surface area contributed by atoms with Crippen LogP contribution in [0.25, 0.3) is 22.6 Å². The molecule has 1 aliphatic carbocycles. The van der Waals surface area contributed by atoms with Gasteiger partial charge in [0.15, 0.2) is 6.61 Å². The lowest BCUT2D eigenvalue weighted by atomic mass is 10.0. The Balaban J connectivity index is 1.56. The van der Waals surface area contributed by atoms with E-state index in [2.05, 4.69) is 11.1 Å². The summed E-state index contributed by atoms with van der Waals surface area (Å²) < 4.78 is 6.11. The van der Waals surface area contributed by atoms with Crippen LogP contribution in [0.5, 0.6) is 0 Å². The van der Waals surface area contributed by atoms with Crippen LogP contribution in [0, 0.1) is 5.21 Å². The predicted molar refractivity (Wildman–Crippen MR) is 117 cm³/mol. The van der Waals surface area contributed by atoms with Crippen molar-refractivity contribution in [2.24, 2.45) is 0 Å². The number of nitrogens with zero attached hydrogens (tertiary/aromatic N) is 3. The summed E-state index contributed by atoms with van der Waals surface area (Å²) in [6.07, 6.45) is 6.46. The molecule has 0 radical (unpaired) electrons. The number of aromatic nitrogens is 3. The number of hydrogen-bond acceptors (Lipinski definition) is 5. The second kappa shape index (κ2) is 7.99. The molecule has 2 aromatic carbocycles. The Bertz CT molecular complexity index is 1320. The number of carbonyl (C=O) groups is 1. The first kappa shape index (κ1) is 18.9. The standard InChI is InChI=1S/C25H19N3O3/c29-25(31-16-22-26-13-6-14-28(22)30)23-19-9-4-5-10-21(19)27-24-18(11-12-20(23)24)15-17-7-2-1-3-8-17/h1-10,13-15H,11-12,16H2/b18-15-. The Morgan fingerprint density at radius 1 is 1.06 bits per heavy atom. The first-order valence-electron chi connectivity index (χ1n) is 10.1. The average Bonchev–Trinajstić information content (AvgIpc) is 3.19. The lowest BCUT2D eigenvalue weighted by Crippen LogP contribution is -2.33. The molecule has 1 aliphatic rings. The summed E-state index contributed by atoms with van der Waals surface area (Å²) in [7, 11) is 0. The molecular formula is C25H19N3O3. The molecule has 152 valence electrons. The second-order valence-electron chi connectivity index (χ2n) is 7.35. The third-order valence-corrected chi connectivity index (χ3v) is 5.40. The van der Waals surface area contributed by atoms with E-state index in [-0.39, 0.29) is 12.4 Å². The molecule has 4 aromatic rings. The van der Waals surface area contributed by atoms with Gasteiger partial charge in [-0.05, 0) is 46.7 Å². The summed E-state index contributed by atoms with van der Waals surface area (Å²) in [5, 5.41) is 12.6. The highest BCUT2D eigenvalue weighted by Crippen LogP contribution is 2.37. The number of fused-ring (bicyclic) bond motifs is 2. The van der Waals surface area contributed by atoms with Gasteiger partial charge in [-0.2, -0.15) is 0 Å². The van der Waals surface area contributed by atoms with Crippen LogP contribution in [-0.4, -0.2) is 15.9 Å². The third-order valence-electron chi connectivity index (χ3n) is 5.40. The molecule has 0 aliphatic heterocycles. The van der Waals surface area contributed by atoms with Crippen LogP contribution in [-0.2, 0) is 17.8 Å². The third kappa shape index (κ3) is 3.64. The summed E-state index contributed by atoms with van der Waals surface area (Å²) in [6.45, 7) is -0.193. The Labute approximate surface area is 179 Å². The molecular weight excluding hydrogens is 390 g/mol. The fourth-order valence-electron chi connectivity index (χ4n) is 3.95. The normalized spacial score (nSPS) is 14.0. The van der Waals surface area contributed by atoms with Gasteiger partial charge in [-0.25, -0.2) is 14.5 Å². The van der Waals surface area contributed by atoms with Crippen molar-refractivity contribution in [3.05, 3.63) is 106 Å². The van der Waals surface area contributed by atoms with Crippen LogP contribution in [0.15, 0.2) is 73.1 Å². The van der Waals surface area contributed by atoms with Crippen LogP contribution in [0.2, 0.25) is 0 Å². The van der Waals surface area contributed by atoms with Gasteiger partial charge in [-0.3, -0.25) is 0 Å². The lowest BCUT2D eigenvalue weighted by molar-refractivity contribution is -0.620. The Morgan fingerprint density at radius 3 is 2.71 bits per heavy atom. The molecule has 0 bridgehead atoms. The van der Waals surface area contributed by atoms with Gasteiger partial charge < -0.3 is 9.94 Å². The van der Waals surface area contributed by atoms with Gasteiger partial charge in [0.1, 0.15) is 6.20 Å². The minimum absolute atomic E-state index is 0.135. The Kier molecular flexibility index (Phi) is 4.88. The van der Waals surface area contributed by atoms with Crippen molar-refractivity contribution in [3.63, 3.8) is 0 Å². The Hall–Kier alpha value is -4.06. The number of esters is 1. The van der Waals surface area contributed by atoms with Crippen molar-refractivity contribution in [1.82, 2.24) is 9.97 Å². The lowest BCUT2D eigenvalue weighted by Gasteiger charge is -2.12. The molecule has 0 amide bonds. The van der Waals surface area contributed by atoms with Gasteiger partial charge in [0.25, 0.3) is 0 Å². The molecule has 0 atom stereocenters. The molecule has 31 heavy (non-hydrogen) atoms. The van der Waals surface area contributed by atoms with Crippen LogP contribution < -0.4 is 4.73 Å². The van der Waals surface area contributed by atoms with E-state index in [4.69, 9.17) is 9.72 Å². The molecule has 0 fully saturated rings. The fourth-order valence-corrected chi connectivity index (χ4v) is 3.95. The van der Waals surface area contributed by atoms with E-state index < -0.39 is 5.97 Å². The zero-order valence-electron chi connectivity index (χ0n) is 16.7. The van der Waals surface area contributed by atoms with Crippen molar-refractivity contribution >= 4 is 28.5 Å². The maximum Gasteiger partial charge on any atom is 0.339 e. The Morgan fingerprint density at radius 2 is 1.87 bits per heavy atom. The molecule has 2 aromatic heterocycles. The van der Waals surface area contributed by atoms with E-state index in [1.165, 1.54) is 18.5 Å². The summed E-state index contributed by atoms with van der Waals surface area (Å²) in [5.41, 5.74) is 5.19. The molecule has 0 spiro atoms. The van der Waals surface area contributed by atoms with Crippen molar-refractivity contribution in [2.75, 3.05) is 0 Å². The van der Waals surface area contributed by atoms with E-state index in [0.717, 1.165) is 39.7 Å². The number of rotatable bonds is 4. The van der Waals surface area contributed by atoms with Crippen LogP contribution in [0.3, 0.4) is 0 Å². The number of carbonyl (C=O) groups excluding carboxylic acids is 1. The molecule has 0 unspecified atom stereocenters. The number of hydrogen-bond donors (Lipinski definition) is 0. The van der Waals surface area contributed by atoms with E-state index in [9.17, 15) is 10.0 Å². The SMILES string of the molecule is O=C(OCc1nccc[n+]1[O-])c1c2c(nc3ccccc13)/C(=C\c1ccccc1)CC2. The zero-order valence-corrected chi connectivity index (χ0v) is 16.7. The average molecular weight is 409 g/mol. The van der Waals surface area contributed by atoms with Gasteiger partial charge >= 0.3 is 11.8 Å². The first-order chi connectivity index (χ1) is 15.2. The highest BCUT2D eigenvalue weighted by atomic mass is 16.5. The number of allylic oxidation sites excluding steroid dienone is 1. The molecule has 5 rings (SSSR count). The maximum atomic E-state index is 13.2. The largest absolute Gasteiger partial charge is 0.711 e. The van der Waals surface area contributed by atoms with Crippen molar-refractivity contribution in [2.45, 2.75) is 19.4 Å². The number of benzene rings is 2. The number of pyridine rings is 1. The van der Waals surface area contributed by atoms with Crippen molar-refractivity contribution < 1.29 is 14.3 Å². The highest BCUT2D eigenvalue weighted by molar-refractivity contribution is 6.07. The van der Waals surface area contributed by atoms with Gasteiger partial charge in [0.05, 0.1) is 23.0 Å². The highest BCUT2D eigenvalue weighted by Gasteiger charge is 2.28. The fraction of sp³-hybridized carbons (Fsp3) is 0.120. The summed E-state index contributed by atoms with van der Waals surface area (Å²) >= 11 is 0. The first-order valence-corrected chi connectivity index (χ1v) is 10.1. The monoisotopic (exact) mass is 409 g/mol. The van der Waals surface area contributed by atoms with E-state index in [1.54, 1.807) is 0 Å². The topological polar surface area (TPSA) is 79.0 Å². The van der Waals surface area contributed by atoms with E-state index in [1.807, 2.05) is 54.6 Å². The zero-order chi connectivity index (χ0) is 21.2. The molecule has 6 nitrogen and oxygen atoms in total. The van der Waals surface area contributed by atoms with Crippen LogP contribution in [0.1, 0.15) is 39.4 Å². The van der Waals surface area contributed by atoms with Gasteiger partial charge in [0, 0.05) is 11.5 Å². The number of para-hydroxylation sites is 1.